The maximum Gasteiger partial charge on any atom is 0.371 e. The van der Waals surface area contributed by atoms with E-state index >= 15 is 0 Å². The Morgan fingerprint density at radius 2 is 2.00 bits per heavy atom. The average molecular weight is 278 g/mol. The zero-order chi connectivity index (χ0) is 14.0. The van der Waals surface area contributed by atoms with Crippen molar-refractivity contribution in [3.63, 3.8) is 0 Å². The number of furan rings is 1. The van der Waals surface area contributed by atoms with E-state index in [0.717, 1.165) is 16.7 Å². The van der Waals surface area contributed by atoms with Gasteiger partial charge in [0.1, 0.15) is 0 Å². The Kier molecular flexibility index (Phi) is 3.85. The normalized spacial score (nSPS) is 12.3. The highest BCUT2D eigenvalue weighted by Crippen LogP contribution is 2.18. The van der Waals surface area contributed by atoms with Gasteiger partial charge in [-0.1, -0.05) is 23.8 Å². The maximum absolute atomic E-state index is 12.1. The highest BCUT2D eigenvalue weighted by molar-refractivity contribution is 7.84. The van der Waals surface area contributed by atoms with Gasteiger partial charge in [0, 0.05) is 0 Å². The lowest BCUT2D eigenvalue weighted by Gasteiger charge is -2.05. The van der Waals surface area contributed by atoms with Crippen LogP contribution in [0.4, 0.5) is 0 Å². The smallest absolute Gasteiger partial charge is 0.371 e. The van der Waals surface area contributed by atoms with Gasteiger partial charge in [-0.15, -0.1) is 0 Å². The van der Waals surface area contributed by atoms with Gasteiger partial charge >= 0.3 is 5.97 Å². The zero-order valence-corrected chi connectivity index (χ0v) is 11.5. The number of aryl methyl sites for hydroxylation is 2. The number of benzene rings is 1. The van der Waals surface area contributed by atoms with Gasteiger partial charge in [-0.05, 0) is 37.1 Å². The molecule has 4 nitrogen and oxygen atoms in total. The first kappa shape index (κ1) is 13.5. The van der Waals surface area contributed by atoms with E-state index in [1.54, 1.807) is 0 Å². The lowest BCUT2D eigenvalue weighted by molar-refractivity contribution is 0.0656. The van der Waals surface area contributed by atoms with Crippen molar-refractivity contribution in [2.75, 3.05) is 0 Å². The minimum atomic E-state index is -1.38. The SMILES string of the molecule is Cc1ccc(C)c(CS(=O)c2ccc(C(=O)O)o2)c1. The second-order valence-corrected chi connectivity index (χ2v) is 5.73. The van der Waals surface area contributed by atoms with Gasteiger partial charge in [0.2, 0.25) is 5.76 Å². The largest absolute Gasteiger partial charge is 0.475 e. The van der Waals surface area contributed by atoms with Crippen LogP contribution >= 0.6 is 0 Å². The molecule has 19 heavy (non-hydrogen) atoms. The van der Waals surface area contributed by atoms with Crippen LogP contribution in [0.15, 0.2) is 39.8 Å². The molecule has 5 heteroatoms. The second-order valence-electron chi connectivity index (χ2n) is 4.34. The first-order chi connectivity index (χ1) is 8.97. The summed E-state index contributed by atoms with van der Waals surface area (Å²) in [7, 11) is -1.38. The van der Waals surface area contributed by atoms with Crippen LogP contribution in [0.1, 0.15) is 27.2 Å². The number of carboxylic acids is 1. The molecule has 0 fully saturated rings. The first-order valence-corrected chi connectivity index (χ1v) is 7.07. The molecule has 2 aromatic rings. The lowest BCUT2D eigenvalue weighted by atomic mass is 10.1. The first-order valence-electron chi connectivity index (χ1n) is 5.75. The number of carboxylic acid groups (broad SMARTS) is 1. The summed E-state index contributed by atoms with van der Waals surface area (Å²) in [6, 6.07) is 8.72. The van der Waals surface area contributed by atoms with Crippen LogP contribution in [0.25, 0.3) is 0 Å². The lowest BCUT2D eigenvalue weighted by Crippen LogP contribution is -1.98. The summed E-state index contributed by atoms with van der Waals surface area (Å²) in [6.07, 6.45) is 0. The molecule has 0 aliphatic heterocycles. The molecule has 0 saturated carbocycles. The summed E-state index contributed by atoms with van der Waals surface area (Å²) in [5.41, 5.74) is 3.14. The molecule has 1 aromatic carbocycles. The second kappa shape index (κ2) is 5.40. The summed E-state index contributed by atoms with van der Waals surface area (Å²) in [5.74, 6) is -1.03. The van der Waals surface area contributed by atoms with Crippen molar-refractivity contribution in [1.82, 2.24) is 0 Å². The zero-order valence-electron chi connectivity index (χ0n) is 10.7. The van der Waals surface area contributed by atoms with E-state index in [4.69, 9.17) is 9.52 Å². The van der Waals surface area contributed by atoms with Crippen molar-refractivity contribution in [2.24, 2.45) is 0 Å². The van der Waals surface area contributed by atoms with Crippen molar-refractivity contribution in [3.8, 4) is 0 Å². The van der Waals surface area contributed by atoms with E-state index in [0.29, 0.717) is 5.75 Å². The predicted octanol–water partition coefficient (Wildman–Crippen LogP) is 2.90. The predicted molar refractivity (Wildman–Crippen MR) is 71.7 cm³/mol. The molecule has 0 aliphatic rings. The van der Waals surface area contributed by atoms with Crippen LogP contribution in [0.2, 0.25) is 0 Å². The topological polar surface area (TPSA) is 67.5 Å². The van der Waals surface area contributed by atoms with Gasteiger partial charge in [0.25, 0.3) is 0 Å². The van der Waals surface area contributed by atoms with Gasteiger partial charge in [-0.3, -0.25) is 4.21 Å². The van der Waals surface area contributed by atoms with E-state index < -0.39 is 16.8 Å². The summed E-state index contributed by atoms with van der Waals surface area (Å²) in [5, 5.41) is 8.95. The third-order valence-electron chi connectivity index (χ3n) is 2.81. The summed E-state index contributed by atoms with van der Waals surface area (Å²) < 4.78 is 17.2. The van der Waals surface area contributed by atoms with E-state index in [2.05, 4.69) is 0 Å². The summed E-state index contributed by atoms with van der Waals surface area (Å²) in [4.78, 5) is 10.7. The van der Waals surface area contributed by atoms with Crippen LogP contribution in [-0.4, -0.2) is 15.3 Å². The Morgan fingerprint density at radius 3 is 2.63 bits per heavy atom. The molecule has 2 rings (SSSR count). The molecule has 1 atom stereocenters. The Bertz CT molecular complexity index is 643. The molecule has 1 unspecified atom stereocenters. The highest BCUT2D eigenvalue weighted by atomic mass is 32.2. The van der Waals surface area contributed by atoms with E-state index in [1.165, 1.54) is 12.1 Å². The van der Waals surface area contributed by atoms with Crippen LogP contribution in [0.3, 0.4) is 0 Å². The molecule has 1 N–H and O–H groups in total. The van der Waals surface area contributed by atoms with Gasteiger partial charge in [0.05, 0.1) is 16.6 Å². The minimum absolute atomic E-state index is 0.190. The number of rotatable bonds is 4. The fourth-order valence-electron chi connectivity index (χ4n) is 1.73. The molecular weight excluding hydrogens is 264 g/mol. The number of hydrogen-bond acceptors (Lipinski definition) is 3. The summed E-state index contributed by atoms with van der Waals surface area (Å²) in [6.45, 7) is 3.93. The van der Waals surface area contributed by atoms with Crippen LogP contribution in [-0.2, 0) is 16.6 Å². The van der Waals surface area contributed by atoms with Gasteiger partial charge in [-0.2, -0.15) is 0 Å². The molecule has 0 aliphatic carbocycles. The molecule has 0 bridgehead atoms. The molecule has 0 spiro atoms. The summed E-state index contributed by atoms with van der Waals surface area (Å²) >= 11 is 0. The molecule has 100 valence electrons. The van der Waals surface area contributed by atoms with Crippen molar-refractivity contribution < 1.29 is 18.5 Å². The molecule has 1 heterocycles. The van der Waals surface area contributed by atoms with Crippen molar-refractivity contribution in [3.05, 3.63) is 52.8 Å². The molecule has 0 amide bonds. The number of carbonyl (C=O) groups is 1. The Hall–Kier alpha value is -1.88. The molecule has 0 saturated heterocycles. The standard InChI is InChI=1S/C14H14O4S/c1-9-3-4-10(2)11(7-9)8-19(17)13-6-5-12(18-13)14(15)16/h3-7H,8H2,1-2H3,(H,15,16). The third-order valence-corrected chi connectivity index (χ3v) is 4.05. The third kappa shape index (κ3) is 3.12. The van der Waals surface area contributed by atoms with E-state index in [1.807, 2.05) is 32.0 Å². The Labute approximate surface area is 113 Å². The van der Waals surface area contributed by atoms with Crippen molar-refractivity contribution in [1.29, 1.82) is 0 Å². The van der Waals surface area contributed by atoms with E-state index in [-0.39, 0.29) is 10.9 Å². The van der Waals surface area contributed by atoms with Crippen LogP contribution in [0.5, 0.6) is 0 Å². The average Bonchev–Trinajstić information content (AvgIpc) is 2.83. The Morgan fingerprint density at radius 1 is 1.26 bits per heavy atom. The fraction of sp³-hybridized carbons (Fsp3) is 0.214. The number of aromatic carboxylic acids is 1. The van der Waals surface area contributed by atoms with Crippen LogP contribution in [0, 0.1) is 13.8 Å². The minimum Gasteiger partial charge on any atom is -0.475 e. The number of hydrogen-bond donors (Lipinski definition) is 1. The van der Waals surface area contributed by atoms with Crippen molar-refractivity contribution >= 4 is 16.8 Å². The van der Waals surface area contributed by atoms with Gasteiger partial charge in [0.15, 0.2) is 5.09 Å². The van der Waals surface area contributed by atoms with Gasteiger partial charge in [-0.25, -0.2) is 4.79 Å². The van der Waals surface area contributed by atoms with E-state index in [9.17, 15) is 9.00 Å². The fourth-order valence-corrected chi connectivity index (χ4v) is 2.86. The van der Waals surface area contributed by atoms with Crippen molar-refractivity contribution in [2.45, 2.75) is 24.7 Å². The maximum atomic E-state index is 12.1. The highest BCUT2D eigenvalue weighted by Gasteiger charge is 2.14. The van der Waals surface area contributed by atoms with Crippen LogP contribution < -0.4 is 0 Å². The quantitative estimate of drug-likeness (QED) is 0.933. The Balaban J connectivity index is 2.20. The molecule has 0 radical (unpaired) electrons. The van der Waals surface area contributed by atoms with Gasteiger partial charge < -0.3 is 9.52 Å². The molecular formula is C14H14O4S. The monoisotopic (exact) mass is 278 g/mol. The molecule has 1 aromatic heterocycles.